The van der Waals surface area contributed by atoms with Crippen LogP contribution >= 0.6 is 0 Å². The first-order valence-electron chi connectivity index (χ1n) is 5.37. The molecule has 3 heteroatoms. The molecule has 0 bridgehead atoms. The summed E-state index contributed by atoms with van der Waals surface area (Å²) in [7, 11) is 0. The smallest absolute Gasteiger partial charge is 0.220 e. The molecule has 0 atom stereocenters. The molecule has 0 aromatic carbocycles. The zero-order valence-corrected chi connectivity index (χ0v) is 8.67. The van der Waals surface area contributed by atoms with Gasteiger partial charge in [0, 0.05) is 12.0 Å². The molecule has 0 saturated heterocycles. The van der Waals surface area contributed by atoms with Crippen molar-refractivity contribution in [2.75, 3.05) is 6.54 Å². The van der Waals surface area contributed by atoms with E-state index in [-0.39, 0.29) is 11.8 Å². The Kier molecular flexibility index (Phi) is 4.66. The Bertz CT molecular complexity index is 195. The van der Waals surface area contributed by atoms with Crippen LogP contribution in [0.3, 0.4) is 0 Å². The third-order valence-corrected chi connectivity index (χ3v) is 2.91. The molecule has 1 aliphatic rings. The van der Waals surface area contributed by atoms with E-state index in [1.165, 1.54) is 0 Å². The van der Waals surface area contributed by atoms with Crippen LogP contribution in [0.5, 0.6) is 0 Å². The lowest BCUT2D eigenvalue weighted by molar-refractivity contribution is -0.122. The van der Waals surface area contributed by atoms with Gasteiger partial charge in [-0.3, -0.25) is 4.79 Å². The molecule has 0 aliphatic heterocycles. The van der Waals surface area contributed by atoms with Crippen molar-refractivity contribution in [1.82, 2.24) is 5.32 Å². The van der Waals surface area contributed by atoms with Gasteiger partial charge in [0.2, 0.25) is 5.91 Å². The Morgan fingerprint density at radius 3 is 2.57 bits per heavy atom. The largest absolute Gasteiger partial charge is 0.369 e. The van der Waals surface area contributed by atoms with Gasteiger partial charge >= 0.3 is 0 Å². The summed E-state index contributed by atoms with van der Waals surface area (Å²) in [6.45, 7) is 4.67. The maximum atomic E-state index is 10.9. The molecule has 14 heavy (non-hydrogen) atoms. The van der Waals surface area contributed by atoms with Crippen LogP contribution in [0.25, 0.3) is 0 Å². The van der Waals surface area contributed by atoms with E-state index in [0.29, 0.717) is 6.04 Å². The van der Waals surface area contributed by atoms with Gasteiger partial charge in [0.15, 0.2) is 0 Å². The van der Waals surface area contributed by atoms with Crippen molar-refractivity contribution in [3.63, 3.8) is 0 Å². The molecule has 80 valence electrons. The van der Waals surface area contributed by atoms with Crippen molar-refractivity contribution >= 4 is 5.91 Å². The summed E-state index contributed by atoms with van der Waals surface area (Å²) in [4.78, 5) is 10.9. The normalized spacial score (nSPS) is 27.1. The number of carbonyl (C=O) groups excluding carboxylic acids is 1. The summed E-state index contributed by atoms with van der Waals surface area (Å²) < 4.78 is 0. The second-order valence-electron chi connectivity index (χ2n) is 3.98. The van der Waals surface area contributed by atoms with E-state index >= 15 is 0 Å². The van der Waals surface area contributed by atoms with Crippen LogP contribution in [0, 0.1) is 5.92 Å². The van der Waals surface area contributed by atoms with Gasteiger partial charge in [-0.15, -0.1) is 6.58 Å². The van der Waals surface area contributed by atoms with E-state index < -0.39 is 0 Å². The first kappa shape index (κ1) is 11.2. The van der Waals surface area contributed by atoms with Gasteiger partial charge in [-0.1, -0.05) is 6.08 Å². The van der Waals surface area contributed by atoms with Crippen molar-refractivity contribution < 1.29 is 4.79 Å². The first-order chi connectivity index (χ1) is 6.74. The van der Waals surface area contributed by atoms with Crippen molar-refractivity contribution in [1.29, 1.82) is 0 Å². The van der Waals surface area contributed by atoms with Crippen LogP contribution in [0.15, 0.2) is 12.7 Å². The topological polar surface area (TPSA) is 55.1 Å². The average Bonchev–Trinajstić information content (AvgIpc) is 2.19. The highest BCUT2D eigenvalue weighted by molar-refractivity contribution is 5.76. The predicted molar refractivity (Wildman–Crippen MR) is 57.8 cm³/mol. The van der Waals surface area contributed by atoms with Gasteiger partial charge in [-0.2, -0.15) is 0 Å². The van der Waals surface area contributed by atoms with E-state index in [4.69, 9.17) is 5.73 Å². The number of rotatable bonds is 5. The molecule has 1 amide bonds. The fourth-order valence-corrected chi connectivity index (χ4v) is 1.97. The fourth-order valence-electron chi connectivity index (χ4n) is 1.97. The zero-order chi connectivity index (χ0) is 10.4. The van der Waals surface area contributed by atoms with Crippen molar-refractivity contribution in [3.8, 4) is 0 Å². The number of amides is 1. The summed E-state index contributed by atoms with van der Waals surface area (Å²) in [5.41, 5.74) is 5.26. The molecule has 1 rings (SSSR count). The van der Waals surface area contributed by atoms with Crippen LogP contribution in [-0.2, 0) is 4.79 Å². The number of hydrogen-bond acceptors (Lipinski definition) is 2. The molecular formula is C11H20N2O. The first-order valence-corrected chi connectivity index (χ1v) is 5.37. The van der Waals surface area contributed by atoms with Gasteiger partial charge in [0.05, 0.1) is 0 Å². The zero-order valence-electron chi connectivity index (χ0n) is 8.67. The Morgan fingerprint density at radius 2 is 2.07 bits per heavy atom. The van der Waals surface area contributed by atoms with Gasteiger partial charge in [0.1, 0.15) is 0 Å². The van der Waals surface area contributed by atoms with Crippen molar-refractivity contribution in [3.05, 3.63) is 12.7 Å². The second kappa shape index (κ2) is 5.81. The van der Waals surface area contributed by atoms with Crippen LogP contribution in [0.1, 0.15) is 32.1 Å². The van der Waals surface area contributed by atoms with E-state index in [9.17, 15) is 4.79 Å². The average molecular weight is 196 g/mol. The molecule has 1 fully saturated rings. The third-order valence-electron chi connectivity index (χ3n) is 2.91. The number of nitrogens with two attached hydrogens (primary N) is 1. The molecule has 0 unspecified atom stereocenters. The van der Waals surface area contributed by atoms with Crippen LogP contribution in [0.2, 0.25) is 0 Å². The van der Waals surface area contributed by atoms with Crippen LogP contribution < -0.4 is 11.1 Å². The molecule has 0 heterocycles. The summed E-state index contributed by atoms with van der Waals surface area (Å²) in [5, 5.41) is 3.46. The molecule has 3 N–H and O–H groups in total. The van der Waals surface area contributed by atoms with Crippen LogP contribution in [-0.4, -0.2) is 18.5 Å². The third kappa shape index (κ3) is 3.50. The minimum atomic E-state index is -0.130. The standard InChI is InChI=1S/C11H20N2O/c1-2-3-8-13-10-6-4-9(5-7-10)11(12)14/h2,9-10,13H,1,3-8H2,(H2,12,14). The Labute approximate surface area is 85.7 Å². The predicted octanol–water partition coefficient (Wildman–Crippen LogP) is 1.20. The lowest BCUT2D eigenvalue weighted by atomic mass is 9.85. The van der Waals surface area contributed by atoms with Gasteiger partial charge in [-0.05, 0) is 38.6 Å². The SMILES string of the molecule is C=CCCNC1CCC(C(N)=O)CC1. The Balaban J connectivity index is 2.15. The van der Waals surface area contributed by atoms with E-state index in [1.807, 2.05) is 6.08 Å². The van der Waals surface area contributed by atoms with E-state index in [1.54, 1.807) is 0 Å². The molecule has 0 aromatic rings. The van der Waals surface area contributed by atoms with E-state index in [2.05, 4.69) is 11.9 Å². The monoisotopic (exact) mass is 196 g/mol. The quantitative estimate of drug-likeness (QED) is 0.512. The highest BCUT2D eigenvalue weighted by Gasteiger charge is 2.23. The second-order valence-corrected chi connectivity index (χ2v) is 3.98. The molecule has 1 aliphatic carbocycles. The Morgan fingerprint density at radius 1 is 1.43 bits per heavy atom. The fraction of sp³-hybridized carbons (Fsp3) is 0.727. The number of primary amides is 1. The molecular weight excluding hydrogens is 176 g/mol. The highest BCUT2D eigenvalue weighted by atomic mass is 16.1. The maximum Gasteiger partial charge on any atom is 0.220 e. The molecule has 1 saturated carbocycles. The molecule has 3 nitrogen and oxygen atoms in total. The summed E-state index contributed by atoms with van der Waals surface area (Å²) in [6.07, 6.45) is 6.97. The number of nitrogens with one attached hydrogen (secondary N) is 1. The minimum Gasteiger partial charge on any atom is -0.369 e. The molecule has 0 aromatic heterocycles. The lowest BCUT2D eigenvalue weighted by Gasteiger charge is -2.27. The van der Waals surface area contributed by atoms with E-state index in [0.717, 1.165) is 38.6 Å². The number of carbonyl (C=O) groups is 1. The maximum absolute atomic E-state index is 10.9. The van der Waals surface area contributed by atoms with Crippen LogP contribution in [0.4, 0.5) is 0 Å². The van der Waals surface area contributed by atoms with Crippen molar-refractivity contribution in [2.45, 2.75) is 38.1 Å². The minimum absolute atomic E-state index is 0.118. The van der Waals surface area contributed by atoms with Gasteiger partial charge in [-0.25, -0.2) is 0 Å². The van der Waals surface area contributed by atoms with Crippen molar-refractivity contribution in [2.24, 2.45) is 11.7 Å². The molecule has 0 radical (unpaired) electrons. The lowest BCUT2D eigenvalue weighted by Crippen LogP contribution is -2.36. The summed E-state index contributed by atoms with van der Waals surface area (Å²) >= 11 is 0. The summed E-state index contributed by atoms with van der Waals surface area (Å²) in [6, 6.07) is 0.575. The number of hydrogen-bond donors (Lipinski definition) is 2. The van der Waals surface area contributed by atoms with Gasteiger partial charge in [0.25, 0.3) is 0 Å². The highest BCUT2D eigenvalue weighted by Crippen LogP contribution is 2.23. The van der Waals surface area contributed by atoms with Gasteiger partial charge < -0.3 is 11.1 Å². The summed E-state index contributed by atoms with van der Waals surface area (Å²) in [5.74, 6) is -0.0120. The molecule has 0 spiro atoms. The Hall–Kier alpha value is -0.830.